The van der Waals surface area contributed by atoms with Gasteiger partial charge in [0.2, 0.25) is 0 Å². The predicted molar refractivity (Wildman–Crippen MR) is 52.6 cm³/mol. The summed E-state index contributed by atoms with van der Waals surface area (Å²) in [5, 5.41) is 0. The molecule has 0 unspecified atom stereocenters. The van der Waals surface area contributed by atoms with Crippen molar-refractivity contribution in [1.82, 2.24) is 0 Å². The summed E-state index contributed by atoms with van der Waals surface area (Å²) in [6.07, 6.45) is 7.02. The van der Waals surface area contributed by atoms with Gasteiger partial charge in [-0.1, -0.05) is 6.42 Å². The molecule has 0 aromatic heterocycles. The molecule has 0 aromatic carbocycles. The van der Waals surface area contributed by atoms with Crippen LogP contribution in [0.3, 0.4) is 0 Å². The van der Waals surface area contributed by atoms with Crippen LogP contribution in [0.5, 0.6) is 0 Å². The van der Waals surface area contributed by atoms with Gasteiger partial charge in [0, 0.05) is 6.92 Å². The van der Waals surface area contributed by atoms with E-state index in [4.69, 9.17) is 4.74 Å². The number of esters is 1. The third kappa shape index (κ3) is 1.12. The number of ether oxygens (including phenoxy) is 1. The first-order chi connectivity index (χ1) is 6.75. The molecule has 3 rings (SSSR count). The summed E-state index contributed by atoms with van der Waals surface area (Å²) < 4.78 is 5.41. The second-order valence-corrected chi connectivity index (χ2v) is 5.30. The first-order valence-electron chi connectivity index (χ1n) is 5.93. The van der Waals surface area contributed by atoms with Crippen LogP contribution in [-0.4, -0.2) is 12.1 Å². The molecule has 0 saturated heterocycles. The molecule has 5 atom stereocenters. The Kier molecular flexibility index (Phi) is 1.86. The van der Waals surface area contributed by atoms with E-state index in [9.17, 15) is 4.79 Å². The lowest BCUT2D eigenvalue weighted by Gasteiger charge is -2.30. The zero-order valence-corrected chi connectivity index (χ0v) is 8.74. The van der Waals surface area contributed by atoms with Crippen molar-refractivity contribution in [1.29, 1.82) is 0 Å². The van der Waals surface area contributed by atoms with E-state index in [1.165, 1.54) is 32.6 Å². The molecular formula is C12H18O2. The molecule has 0 aromatic rings. The van der Waals surface area contributed by atoms with Crippen molar-refractivity contribution in [3.8, 4) is 0 Å². The molecule has 0 aliphatic heterocycles. The summed E-state index contributed by atoms with van der Waals surface area (Å²) in [5.74, 6) is 3.41. The number of carbonyl (C=O) groups is 1. The van der Waals surface area contributed by atoms with Crippen molar-refractivity contribution in [2.45, 2.75) is 45.1 Å². The minimum absolute atomic E-state index is 0.0860. The van der Waals surface area contributed by atoms with Gasteiger partial charge in [0.1, 0.15) is 6.10 Å². The molecule has 0 amide bonds. The fourth-order valence-corrected chi connectivity index (χ4v) is 4.35. The first kappa shape index (κ1) is 8.75. The summed E-state index contributed by atoms with van der Waals surface area (Å²) in [6.45, 7) is 1.54. The zero-order chi connectivity index (χ0) is 9.71. The van der Waals surface area contributed by atoms with Crippen LogP contribution in [0.4, 0.5) is 0 Å². The van der Waals surface area contributed by atoms with E-state index in [2.05, 4.69) is 0 Å². The standard InChI is InChI=1S/C12H18O2/c1-7(13)14-12-6-8-5-11(12)10-4-2-3-9(8)10/h8-12H,2-6H2,1H3/t8-,9+,10-,11-,12-/m1/s1. The van der Waals surface area contributed by atoms with Gasteiger partial charge >= 0.3 is 5.97 Å². The molecule has 0 N–H and O–H groups in total. The molecule has 2 nitrogen and oxygen atoms in total. The Morgan fingerprint density at radius 3 is 2.71 bits per heavy atom. The molecular weight excluding hydrogens is 176 g/mol. The van der Waals surface area contributed by atoms with Crippen molar-refractivity contribution < 1.29 is 9.53 Å². The predicted octanol–water partition coefficient (Wildman–Crippen LogP) is 2.37. The van der Waals surface area contributed by atoms with E-state index in [-0.39, 0.29) is 12.1 Å². The minimum atomic E-state index is -0.0860. The highest BCUT2D eigenvalue weighted by atomic mass is 16.5. The molecule has 14 heavy (non-hydrogen) atoms. The summed E-state index contributed by atoms with van der Waals surface area (Å²) >= 11 is 0. The Labute approximate surface area is 85.0 Å². The monoisotopic (exact) mass is 194 g/mol. The van der Waals surface area contributed by atoms with Crippen LogP contribution in [0.1, 0.15) is 39.0 Å². The van der Waals surface area contributed by atoms with Gasteiger partial charge in [-0.3, -0.25) is 4.79 Å². The van der Waals surface area contributed by atoms with Crippen LogP contribution >= 0.6 is 0 Å². The first-order valence-corrected chi connectivity index (χ1v) is 5.93. The summed E-state index contributed by atoms with van der Waals surface area (Å²) in [5.41, 5.74) is 0. The third-order valence-corrected chi connectivity index (χ3v) is 4.69. The van der Waals surface area contributed by atoms with Crippen molar-refractivity contribution in [2.75, 3.05) is 0 Å². The second kappa shape index (κ2) is 2.98. The van der Waals surface area contributed by atoms with Crippen LogP contribution in [0.15, 0.2) is 0 Å². The molecule has 78 valence electrons. The molecule has 3 aliphatic carbocycles. The lowest BCUT2D eigenvalue weighted by molar-refractivity contribution is -0.150. The van der Waals surface area contributed by atoms with Crippen molar-refractivity contribution >= 4 is 5.97 Å². The molecule has 2 bridgehead atoms. The Hall–Kier alpha value is -0.530. The van der Waals surface area contributed by atoms with Crippen LogP contribution in [-0.2, 0) is 9.53 Å². The Morgan fingerprint density at radius 2 is 1.93 bits per heavy atom. The van der Waals surface area contributed by atoms with Crippen molar-refractivity contribution in [2.24, 2.45) is 23.7 Å². The van der Waals surface area contributed by atoms with E-state index in [0.29, 0.717) is 0 Å². The summed E-state index contributed by atoms with van der Waals surface area (Å²) in [7, 11) is 0. The normalized spacial score (nSPS) is 49.4. The number of rotatable bonds is 1. The quantitative estimate of drug-likeness (QED) is 0.599. The van der Waals surface area contributed by atoms with E-state index in [0.717, 1.165) is 30.1 Å². The summed E-state index contributed by atoms with van der Waals surface area (Å²) in [6, 6.07) is 0. The highest BCUT2D eigenvalue weighted by Gasteiger charge is 2.54. The Bertz CT molecular complexity index is 261. The number of carbonyl (C=O) groups excluding carboxylic acids is 1. The van der Waals surface area contributed by atoms with Gasteiger partial charge in [-0.2, -0.15) is 0 Å². The second-order valence-electron chi connectivity index (χ2n) is 5.30. The largest absolute Gasteiger partial charge is 0.462 e. The van der Waals surface area contributed by atoms with Gasteiger partial charge in [0.05, 0.1) is 0 Å². The smallest absolute Gasteiger partial charge is 0.302 e. The van der Waals surface area contributed by atoms with Gasteiger partial charge < -0.3 is 4.74 Å². The molecule has 3 fully saturated rings. The Balaban J connectivity index is 1.73. The number of hydrogen-bond acceptors (Lipinski definition) is 2. The lowest BCUT2D eigenvalue weighted by Crippen LogP contribution is -2.31. The fourth-order valence-electron chi connectivity index (χ4n) is 4.35. The molecule has 3 aliphatic rings. The van der Waals surface area contributed by atoms with Crippen LogP contribution in [0, 0.1) is 23.7 Å². The Morgan fingerprint density at radius 1 is 1.14 bits per heavy atom. The SMILES string of the molecule is CC(=O)O[C@@H]1C[C@H]2C[C@@H]1[C@@H]1CCC[C@@H]21. The number of hydrogen-bond donors (Lipinski definition) is 0. The topological polar surface area (TPSA) is 26.3 Å². The van der Waals surface area contributed by atoms with E-state index < -0.39 is 0 Å². The van der Waals surface area contributed by atoms with Crippen LogP contribution < -0.4 is 0 Å². The average molecular weight is 194 g/mol. The van der Waals surface area contributed by atoms with E-state index >= 15 is 0 Å². The minimum Gasteiger partial charge on any atom is -0.462 e. The maximum absolute atomic E-state index is 10.9. The highest BCUT2D eigenvalue weighted by molar-refractivity contribution is 5.66. The third-order valence-electron chi connectivity index (χ3n) is 4.69. The molecule has 0 spiro atoms. The van der Waals surface area contributed by atoms with Gasteiger partial charge in [-0.05, 0) is 49.4 Å². The highest BCUT2D eigenvalue weighted by Crippen LogP contribution is 2.59. The molecule has 3 saturated carbocycles. The number of fused-ring (bicyclic) bond motifs is 5. The molecule has 2 heteroatoms. The van der Waals surface area contributed by atoms with Crippen molar-refractivity contribution in [3.63, 3.8) is 0 Å². The lowest BCUT2D eigenvalue weighted by atomic mass is 9.80. The van der Waals surface area contributed by atoms with Gasteiger partial charge in [0.15, 0.2) is 0 Å². The summed E-state index contributed by atoms with van der Waals surface area (Å²) in [4.78, 5) is 10.9. The fraction of sp³-hybridized carbons (Fsp3) is 0.917. The maximum atomic E-state index is 10.9. The van der Waals surface area contributed by atoms with Crippen molar-refractivity contribution in [3.05, 3.63) is 0 Å². The van der Waals surface area contributed by atoms with Gasteiger partial charge in [0.25, 0.3) is 0 Å². The van der Waals surface area contributed by atoms with Gasteiger partial charge in [-0.15, -0.1) is 0 Å². The van der Waals surface area contributed by atoms with E-state index in [1.807, 2.05) is 0 Å². The zero-order valence-electron chi connectivity index (χ0n) is 8.74. The maximum Gasteiger partial charge on any atom is 0.302 e. The molecule has 0 radical (unpaired) electrons. The average Bonchev–Trinajstić information content (AvgIpc) is 2.68. The molecule has 0 heterocycles. The van der Waals surface area contributed by atoms with Crippen LogP contribution in [0.2, 0.25) is 0 Å². The van der Waals surface area contributed by atoms with E-state index in [1.54, 1.807) is 0 Å². The van der Waals surface area contributed by atoms with Gasteiger partial charge in [-0.25, -0.2) is 0 Å². The van der Waals surface area contributed by atoms with Crippen LogP contribution in [0.25, 0.3) is 0 Å².